The van der Waals surface area contributed by atoms with E-state index in [4.69, 9.17) is 11.6 Å². The van der Waals surface area contributed by atoms with Crippen molar-refractivity contribution in [3.05, 3.63) is 53.6 Å². The quantitative estimate of drug-likeness (QED) is 0.834. The maximum Gasteiger partial charge on any atom is 0.0946 e. The number of hydrogen-bond donors (Lipinski definition) is 1. The zero-order valence-electron chi connectivity index (χ0n) is 12.1. The van der Waals surface area contributed by atoms with Crippen LogP contribution in [0.3, 0.4) is 0 Å². The van der Waals surface area contributed by atoms with Gasteiger partial charge in [0, 0.05) is 36.0 Å². The second kappa shape index (κ2) is 7.46. The Kier molecular flexibility index (Phi) is 5.62. The normalized spacial score (nSPS) is 14.2. The topological polar surface area (TPSA) is 29.9 Å². The zero-order chi connectivity index (χ0) is 14.4. The van der Waals surface area contributed by atoms with Gasteiger partial charge in [-0.15, -0.1) is 0 Å². The molecule has 0 radical (unpaired) electrons. The van der Waals surface area contributed by atoms with Crippen LogP contribution in [0.2, 0.25) is 5.02 Å². The Hall–Kier alpha value is -1.32. The molecule has 2 atom stereocenters. The molecule has 1 heterocycles. The molecule has 1 aromatic carbocycles. The van der Waals surface area contributed by atoms with Gasteiger partial charge in [-0.3, -0.25) is 0 Å². The first kappa shape index (κ1) is 15.1. The van der Waals surface area contributed by atoms with Crippen LogP contribution >= 0.6 is 11.6 Å². The first-order valence-corrected chi connectivity index (χ1v) is 7.54. The van der Waals surface area contributed by atoms with Crippen molar-refractivity contribution in [3.63, 3.8) is 0 Å². The van der Waals surface area contributed by atoms with Crippen LogP contribution in [0.1, 0.15) is 38.3 Å². The van der Waals surface area contributed by atoms with Gasteiger partial charge in [-0.05, 0) is 31.0 Å². The van der Waals surface area contributed by atoms with Crippen molar-refractivity contribution >= 4 is 11.6 Å². The highest BCUT2D eigenvalue weighted by molar-refractivity contribution is 6.30. The monoisotopic (exact) mass is 291 g/mol. The zero-order valence-corrected chi connectivity index (χ0v) is 12.8. The van der Waals surface area contributed by atoms with Crippen molar-refractivity contribution in [1.82, 2.24) is 14.9 Å². The Morgan fingerprint density at radius 2 is 2.05 bits per heavy atom. The Balaban J connectivity index is 1.99. The number of benzene rings is 1. The summed E-state index contributed by atoms with van der Waals surface area (Å²) in [6, 6.07) is 8.90. The molecule has 0 bridgehead atoms. The number of hydrogen-bond acceptors (Lipinski definition) is 2. The van der Waals surface area contributed by atoms with Crippen LogP contribution < -0.4 is 5.32 Å². The predicted octanol–water partition coefficient (Wildman–Crippen LogP) is 4.06. The summed E-state index contributed by atoms with van der Waals surface area (Å²) in [5.41, 5.74) is 1.30. The van der Waals surface area contributed by atoms with E-state index in [2.05, 4.69) is 40.8 Å². The predicted molar refractivity (Wildman–Crippen MR) is 83.9 cm³/mol. The van der Waals surface area contributed by atoms with Crippen molar-refractivity contribution in [3.8, 4) is 0 Å². The summed E-state index contributed by atoms with van der Waals surface area (Å²) in [5.74, 6) is 0. The molecule has 0 amide bonds. The molecule has 2 rings (SSSR count). The Morgan fingerprint density at radius 3 is 2.65 bits per heavy atom. The van der Waals surface area contributed by atoms with E-state index in [-0.39, 0.29) is 0 Å². The van der Waals surface area contributed by atoms with E-state index in [1.54, 1.807) is 0 Å². The average Bonchev–Trinajstić information content (AvgIpc) is 2.92. The van der Waals surface area contributed by atoms with Crippen LogP contribution in [0.5, 0.6) is 0 Å². The van der Waals surface area contributed by atoms with Crippen LogP contribution in [-0.4, -0.2) is 15.6 Å². The molecular formula is C16H22ClN3. The first-order chi connectivity index (χ1) is 9.69. The Bertz CT molecular complexity index is 493. The highest BCUT2D eigenvalue weighted by Gasteiger charge is 2.13. The van der Waals surface area contributed by atoms with Gasteiger partial charge < -0.3 is 9.88 Å². The average molecular weight is 292 g/mol. The summed E-state index contributed by atoms with van der Waals surface area (Å²) < 4.78 is 2.10. The molecule has 0 fully saturated rings. The van der Waals surface area contributed by atoms with Gasteiger partial charge in [0.1, 0.15) is 0 Å². The number of rotatable bonds is 7. The molecule has 0 aliphatic heterocycles. The van der Waals surface area contributed by atoms with Gasteiger partial charge in [0.25, 0.3) is 0 Å². The molecule has 1 aromatic heterocycles. The van der Waals surface area contributed by atoms with E-state index >= 15 is 0 Å². The first-order valence-electron chi connectivity index (χ1n) is 7.16. The molecule has 0 saturated heterocycles. The smallest absolute Gasteiger partial charge is 0.0946 e. The summed E-state index contributed by atoms with van der Waals surface area (Å²) in [6.45, 7) is 5.34. The summed E-state index contributed by atoms with van der Waals surface area (Å²) in [5, 5.41) is 4.49. The summed E-state index contributed by atoms with van der Waals surface area (Å²) in [7, 11) is 0. The van der Waals surface area contributed by atoms with Gasteiger partial charge in [0.15, 0.2) is 0 Å². The Labute approximate surface area is 126 Å². The number of aromatic nitrogens is 2. The molecule has 0 spiro atoms. The van der Waals surface area contributed by atoms with Crippen LogP contribution in [0.4, 0.5) is 0 Å². The minimum Gasteiger partial charge on any atom is -0.336 e. The second-order valence-electron chi connectivity index (χ2n) is 5.22. The molecule has 0 aliphatic carbocycles. The number of nitrogens with one attached hydrogen (secondary N) is 1. The maximum atomic E-state index is 5.96. The van der Waals surface area contributed by atoms with Crippen LogP contribution in [0.15, 0.2) is 43.0 Å². The third kappa shape index (κ3) is 4.36. The van der Waals surface area contributed by atoms with E-state index in [0.29, 0.717) is 12.1 Å². The summed E-state index contributed by atoms with van der Waals surface area (Å²) in [4.78, 5) is 4.08. The lowest BCUT2D eigenvalue weighted by atomic mass is 10.0. The van der Waals surface area contributed by atoms with Crippen molar-refractivity contribution in [2.45, 2.75) is 45.3 Å². The number of nitrogens with zero attached hydrogens (tertiary/aromatic N) is 2. The van der Waals surface area contributed by atoms with Crippen LogP contribution in [0, 0.1) is 0 Å². The number of halogens is 1. The summed E-state index contributed by atoms with van der Waals surface area (Å²) >= 11 is 5.96. The maximum absolute atomic E-state index is 5.96. The van der Waals surface area contributed by atoms with Crippen LogP contribution in [0.25, 0.3) is 0 Å². The van der Waals surface area contributed by atoms with Crippen molar-refractivity contribution in [2.75, 3.05) is 0 Å². The lowest BCUT2D eigenvalue weighted by Crippen LogP contribution is -2.33. The van der Waals surface area contributed by atoms with Crippen molar-refractivity contribution < 1.29 is 0 Å². The molecule has 20 heavy (non-hydrogen) atoms. The fraction of sp³-hybridized carbons (Fsp3) is 0.438. The number of imidazole rings is 1. The van der Waals surface area contributed by atoms with Crippen molar-refractivity contribution in [2.24, 2.45) is 0 Å². The van der Waals surface area contributed by atoms with Gasteiger partial charge in [0.2, 0.25) is 0 Å². The SMILES string of the molecule is CCCC(NC(C)Cn1ccnc1)c1ccc(Cl)cc1. The molecule has 4 heteroatoms. The van der Waals surface area contributed by atoms with E-state index in [1.165, 1.54) is 5.56 Å². The van der Waals surface area contributed by atoms with Gasteiger partial charge in [0.05, 0.1) is 6.33 Å². The fourth-order valence-electron chi connectivity index (χ4n) is 2.44. The molecular weight excluding hydrogens is 270 g/mol. The highest BCUT2D eigenvalue weighted by atomic mass is 35.5. The molecule has 3 nitrogen and oxygen atoms in total. The lowest BCUT2D eigenvalue weighted by Gasteiger charge is -2.24. The molecule has 108 valence electrons. The van der Waals surface area contributed by atoms with Gasteiger partial charge in [-0.25, -0.2) is 4.98 Å². The van der Waals surface area contributed by atoms with E-state index in [9.17, 15) is 0 Å². The van der Waals surface area contributed by atoms with Gasteiger partial charge >= 0.3 is 0 Å². The third-order valence-corrected chi connectivity index (χ3v) is 3.63. The lowest BCUT2D eigenvalue weighted by molar-refractivity contribution is 0.396. The van der Waals surface area contributed by atoms with E-state index in [1.807, 2.05) is 30.9 Å². The fourth-order valence-corrected chi connectivity index (χ4v) is 2.56. The van der Waals surface area contributed by atoms with Crippen LogP contribution in [-0.2, 0) is 6.54 Å². The minimum absolute atomic E-state index is 0.371. The van der Waals surface area contributed by atoms with E-state index < -0.39 is 0 Å². The van der Waals surface area contributed by atoms with Gasteiger partial charge in [-0.2, -0.15) is 0 Å². The van der Waals surface area contributed by atoms with Crippen molar-refractivity contribution in [1.29, 1.82) is 0 Å². The molecule has 2 unspecified atom stereocenters. The Morgan fingerprint density at radius 1 is 1.30 bits per heavy atom. The summed E-state index contributed by atoms with van der Waals surface area (Å²) in [6.07, 6.45) is 7.94. The molecule has 0 saturated carbocycles. The molecule has 2 aromatic rings. The molecule has 0 aliphatic rings. The standard InChI is InChI=1S/C16H22ClN3/c1-3-4-16(14-5-7-15(17)8-6-14)19-13(2)11-20-10-9-18-12-20/h5-10,12-13,16,19H,3-4,11H2,1-2H3. The third-order valence-electron chi connectivity index (χ3n) is 3.38. The largest absolute Gasteiger partial charge is 0.336 e. The minimum atomic E-state index is 0.371. The second-order valence-corrected chi connectivity index (χ2v) is 5.66. The molecule has 1 N–H and O–H groups in total. The van der Waals surface area contributed by atoms with E-state index in [0.717, 1.165) is 24.4 Å². The highest BCUT2D eigenvalue weighted by Crippen LogP contribution is 2.21. The van der Waals surface area contributed by atoms with Gasteiger partial charge in [-0.1, -0.05) is 37.1 Å².